The Hall–Kier alpha value is -0.960. The molecule has 0 fully saturated rings. The van der Waals surface area contributed by atoms with Crippen LogP contribution in [0, 0.1) is 5.82 Å². The third kappa shape index (κ3) is 2.49. The van der Waals surface area contributed by atoms with Crippen molar-refractivity contribution in [2.24, 2.45) is 0 Å². The van der Waals surface area contributed by atoms with Crippen LogP contribution in [-0.4, -0.2) is 10.1 Å². The Morgan fingerprint density at radius 3 is 2.77 bits per heavy atom. The number of hydrogen-bond donors (Lipinski definition) is 1. The predicted octanol–water partition coefficient (Wildman–Crippen LogP) is 2.23. The predicted molar refractivity (Wildman–Crippen MR) is 48.7 cm³/mol. The van der Waals surface area contributed by atoms with Crippen molar-refractivity contribution in [3.63, 3.8) is 0 Å². The van der Waals surface area contributed by atoms with E-state index in [0.29, 0.717) is 12.0 Å². The minimum absolute atomic E-state index is 0.408. The first-order chi connectivity index (χ1) is 6.06. The summed E-state index contributed by atoms with van der Waals surface area (Å²) in [7, 11) is 0. The van der Waals surface area contributed by atoms with Crippen LogP contribution >= 0.6 is 0 Å². The number of aromatic nitrogens is 1. The lowest BCUT2D eigenvalue weighted by atomic mass is 9.93. The Labute approximate surface area is 77.4 Å². The van der Waals surface area contributed by atoms with Gasteiger partial charge in [-0.25, -0.2) is 4.39 Å². The second-order valence-corrected chi connectivity index (χ2v) is 3.42. The lowest BCUT2D eigenvalue weighted by Crippen LogP contribution is -2.21. The maximum Gasteiger partial charge on any atom is 0.141 e. The fourth-order valence-electron chi connectivity index (χ4n) is 1.34. The summed E-state index contributed by atoms with van der Waals surface area (Å²) >= 11 is 0. The Morgan fingerprint density at radius 2 is 2.23 bits per heavy atom. The van der Waals surface area contributed by atoms with E-state index in [4.69, 9.17) is 0 Å². The molecule has 0 aliphatic rings. The molecule has 13 heavy (non-hydrogen) atoms. The van der Waals surface area contributed by atoms with E-state index in [1.807, 2.05) is 6.92 Å². The van der Waals surface area contributed by atoms with Gasteiger partial charge in [0.25, 0.3) is 0 Å². The van der Waals surface area contributed by atoms with Gasteiger partial charge in [0, 0.05) is 11.8 Å². The second-order valence-electron chi connectivity index (χ2n) is 3.42. The molecule has 0 spiro atoms. The van der Waals surface area contributed by atoms with Crippen molar-refractivity contribution in [2.75, 3.05) is 0 Å². The van der Waals surface area contributed by atoms with Gasteiger partial charge >= 0.3 is 0 Å². The highest BCUT2D eigenvalue weighted by molar-refractivity contribution is 5.17. The standard InChI is InChI=1S/C10H14FNO/c1-3-4-10(2,13)8-5-9(11)7-12-6-8/h5-7,13H,3-4H2,1-2H3. The van der Waals surface area contributed by atoms with Crippen LogP contribution < -0.4 is 0 Å². The van der Waals surface area contributed by atoms with Crippen molar-refractivity contribution < 1.29 is 9.50 Å². The molecule has 1 aromatic heterocycles. The Kier molecular flexibility index (Phi) is 2.98. The minimum atomic E-state index is -0.968. The Balaban J connectivity index is 2.93. The Bertz CT molecular complexity index is 286. The molecular formula is C10H14FNO. The molecule has 1 rings (SSSR count). The molecule has 72 valence electrons. The zero-order valence-electron chi connectivity index (χ0n) is 7.92. The van der Waals surface area contributed by atoms with E-state index in [2.05, 4.69) is 4.98 Å². The van der Waals surface area contributed by atoms with Crippen LogP contribution in [0.2, 0.25) is 0 Å². The first-order valence-electron chi connectivity index (χ1n) is 4.39. The van der Waals surface area contributed by atoms with Crippen LogP contribution in [0.4, 0.5) is 4.39 Å². The lowest BCUT2D eigenvalue weighted by molar-refractivity contribution is 0.0463. The molecule has 0 saturated carbocycles. The van der Waals surface area contributed by atoms with Gasteiger partial charge < -0.3 is 5.11 Å². The SMILES string of the molecule is CCCC(C)(O)c1cncc(F)c1. The molecule has 1 heterocycles. The van der Waals surface area contributed by atoms with Crippen LogP contribution in [0.5, 0.6) is 0 Å². The number of aliphatic hydroxyl groups is 1. The quantitative estimate of drug-likeness (QED) is 0.779. The first kappa shape index (κ1) is 10.1. The highest BCUT2D eigenvalue weighted by Crippen LogP contribution is 2.25. The molecule has 0 aromatic carbocycles. The number of halogens is 1. The summed E-state index contributed by atoms with van der Waals surface area (Å²) in [5.74, 6) is -0.408. The normalized spacial score (nSPS) is 15.4. The van der Waals surface area contributed by atoms with E-state index in [0.717, 1.165) is 12.6 Å². The van der Waals surface area contributed by atoms with Crippen LogP contribution in [-0.2, 0) is 5.60 Å². The van der Waals surface area contributed by atoms with Crippen molar-refractivity contribution in [3.05, 3.63) is 29.8 Å². The third-order valence-electron chi connectivity index (χ3n) is 2.06. The third-order valence-corrected chi connectivity index (χ3v) is 2.06. The highest BCUT2D eigenvalue weighted by atomic mass is 19.1. The monoisotopic (exact) mass is 183 g/mol. The average Bonchev–Trinajstić information content (AvgIpc) is 2.04. The molecular weight excluding hydrogens is 169 g/mol. The summed E-state index contributed by atoms with van der Waals surface area (Å²) in [6.45, 7) is 3.65. The zero-order chi connectivity index (χ0) is 9.90. The zero-order valence-corrected chi connectivity index (χ0v) is 7.92. The second kappa shape index (κ2) is 3.83. The fraction of sp³-hybridized carbons (Fsp3) is 0.500. The maximum absolute atomic E-state index is 12.8. The maximum atomic E-state index is 12.8. The fourth-order valence-corrected chi connectivity index (χ4v) is 1.34. The van der Waals surface area contributed by atoms with Crippen LogP contribution in [0.25, 0.3) is 0 Å². The number of nitrogens with zero attached hydrogens (tertiary/aromatic N) is 1. The van der Waals surface area contributed by atoms with Gasteiger partial charge in [-0.1, -0.05) is 13.3 Å². The van der Waals surface area contributed by atoms with Crippen molar-refractivity contribution in [1.82, 2.24) is 4.98 Å². The van der Waals surface area contributed by atoms with Crippen molar-refractivity contribution in [1.29, 1.82) is 0 Å². The topological polar surface area (TPSA) is 33.1 Å². The van der Waals surface area contributed by atoms with E-state index in [1.54, 1.807) is 6.92 Å². The molecule has 0 amide bonds. The summed E-state index contributed by atoms with van der Waals surface area (Å²) in [4.78, 5) is 3.70. The molecule has 0 saturated heterocycles. The summed E-state index contributed by atoms with van der Waals surface area (Å²) in [6.07, 6.45) is 4.09. The van der Waals surface area contributed by atoms with E-state index in [1.165, 1.54) is 12.3 Å². The summed E-state index contributed by atoms with van der Waals surface area (Å²) < 4.78 is 12.8. The molecule has 3 heteroatoms. The average molecular weight is 183 g/mol. The Morgan fingerprint density at radius 1 is 1.54 bits per heavy atom. The molecule has 1 unspecified atom stereocenters. The molecule has 0 bridgehead atoms. The minimum Gasteiger partial charge on any atom is -0.385 e. The van der Waals surface area contributed by atoms with E-state index in [9.17, 15) is 9.50 Å². The molecule has 2 nitrogen and oxygen atoms in total. The molecule has 1 N–H and O–H groups in total. The van der Waals surface area contributed by atoms with Crippen molar-refractivity contribution in [3.8, 4) is 0 Å². The van der Waals surface area contributed by atoms with Gasteiger partial charge in [0.2, 0.25) is 0 Å². The van der Waals surface area contributed by atoms with Gasteiger partial charge in [0.05, 0.1) is 11.8 Å². The van der Waals surface area contributed by atoms with Crippen LogP contribution in [0.15, 0.2) is 18.5 Å². The van der Waals surface area contributed by atoms with Crippen molar-refractivity contribution >= 4 is 0 Å². The smallest absolute Gasteiger partial charge is 0.141 e. The van der Waals surface area contributed by atoms with Gasteiger partial charge in [0.1, 0.15) is 5.82 Å². The van der Waals surface area contributed by atoms with Crippen LogP contribution in [0.3, 0.4) is 0 Å². The van der Waals surface area contributed by atoms with E-state index < -0.39 is 11.4 Å². The molecule has 1 atom stereocenters. The van der Waals surface area contributed by atoms with Gasteiger partial charge in [0.15, 0.2) is 0 Å². The molecule has 0 aliphatic carbocycles. The molecule has 0 radical (unpaired) electrons. The summed E-state index contributed by atoms with van der Waals surface area (Å²) in [5.41, 5.74) is -0.432. The number of pyridine rings is 1. The summed E-state index contributed by atoms with van der Waals surface area (Å²) in [5, 5.41) is 9.90. The first-order valence-corrected chi connectivity index (χ1v) is 4.39. The van der Waals surface area contributed by atoms with Gasteiger partial charge in [-0.3, -0.25) is 4.98 Å². The van der Waals surface area contributed by atoms with Crippen molar-refractivity contribution in [2.45, 2.75) is 32.3 Å². The van der Waals surface area contributed by atoms with E-state index in [-0.39, 0.29) is 0 Å². The highest BCUT2D eigenvalue weighted by Gasteiger charge is 2.22. The van der Waals surface area contributed by atoms with Gasteiger partial charge in [-0.2, -0.15) is 0 Å². The van der Waals surface area contributed by atoms with Gasteiger partial charge in [-0.05, 0) is 19.4 Å². The summed E-state index contributed by atoms with van der Waals surface area (Å²) in [6, 6.07) is 1.32. The van der Waals surface area contributed by atoms with Gasteiger partial charge in [-0.15, -0.1) is 0 Å². The largest absolute Gasteiger partial charge is 0.385 e. The van der Waals surface area contributed by atoms with E-state index >= 15 is 0 Å². The molecule has 0 aliphatic heterocycles. The molecule has 1 aromatic rings. The van der Waals surface area contributed by atoms with Crippen LogP contribution in [0.1, 0.15) is 32.3 Å². The lowest BCUT2D eigenvalue weighted by Gasteiger charge is -2.22. The number of rotatable bonds is 3. The number of hydrogen-bond acceptors (Lipinski definition) is 2.